The maximum atomic E-state index is 13.3. The molecule has 1 aromatic carbocycles. The highest BCUT2D eigenvalue weighted by Gasteiger charge is 2.40. The fraction of sp³-hybridized carbons (Fsp3) is 0.542. The lowest BCUT2D eigenvalue weighted by Crippen LogP contribution is -2.45. The van der Waals surface area contributed by atoms with E-state index in [0.29, 0.717) is 18.8 Å². The highest BCUT2D eigenvalue weighted by Crippen LogP contribution is 2.30. The van der Waals surface area contributed by atoms with Crippen LogP contribution in [-0.2, 0) is 23.9 Å². The Balaban J connectivity index is 2.65. The second-order valence-electron chi connectivity index (χ2n) is 7.59. The normalized spacial score (nSPS) is 16.0. The molecular weight excluding hydrogens is 396 g/mol. The molecule has 1 N–H and O–H groups in total. The number of hydrogen-bond donors (Lipinski definition) is 1. The number of amides is 1. The molecule has 7 nitrogen and oxygen atoms in total. The van der Waals surface area contributed by atoms with Gasteiger partial charge in [0, 0.05) is 19.1 Å². The van der Waals surface area contributed by atoms with Crippen LogP contribution in [0.4, 0.5) is 0 Å². The van der Waals surface area contributed by atoms with Crippen LogP contribution in [0.2, 0.25) is 0 Å². The van der Waals surface area contributed by atoms with E-state index in [1.807, 2.05) is 49.1 Å². The maximum absolute atomic E-state index is 13.3. The summed E-state index contributed by atoms with van der Waals surface area (Å²) < 4.78 is 10.0. The number of rotatable bonds is 9. The van der Waals surface area contributed by atoms with E-state index in [-0.39, 0.29) is 11.6 Å². The monoisotopic (exact) mass is 430 g/mol. The quantitative estimate of drug-likeness (QED) is 0.368. The van der Waals surface area contributed by atoms with Gasteiger partial charge in [-0.3, -0.25) is 9.59 Å². The zero-order chi connectivity index (χ0) is 22.8. The van der Waals surface area contributed by atoms with Gasteiger partial charge in [-0.1, -0.05) is 49.6 Å². The molecule has 1 fully saturated rings. The lowest BCUT2D eigenvalue weighted by Gasteiger charge is -2.30. The summed E-state index contributed by atoms with van der Waals surface area (Å²) in [7, 11) is 2.47. The van der Waals surface area contributed by atoms with E-state index in [4.69, 9.17) is 9.47 Å². The summed E-state index contributed by atoms with van der Waals surface area (Å²) in [5, 5.41) is 2.97. The van der Waals surface area contributed by atoms with Crippen molar-refractivity contribution >= 4 is 23.5 Å². The minimum atomic E-state index is -1.42. The number of ether oxygens (including phenoxy) is 2. The van der Waals surface area contributed by atoms with Gasteiger partial charge in [0.1, 0.15) is 0 Å². The first-order valence-electron chi connectivity index (χ1n) is 11.0. The standard InChI is InChI=1S/C24H34N2O5/c1-5-26(6-2)21(17-13-9-7-10-14-17)19(23(28)30-3)20(24(29)31-4)22(27)25-18-15-11-8-12-16-18/h7,9-10,13-14,18,20H,5-6,8,11-12,15-16H2,1-4H3,(H,25,27)/b21-19-. The highest BCUT2D eigenvalue weighted by atomic mass is 16.5. The van der Waals surface area contributed by atoms with Crippen LogP contribution >= 0.6 is 0 Å². The van der Waals surface area contributed by atoms with Crippen molar-refractivity contribution in [3.63, 3.8) is 0 Å². The molecule has 0 radical (unpaired) electrons. The van der Waals surface area contributed by atoms with Gasteiger partial charge in [0.15, 0.2) is 5.92 Å². The fourth-order valence-corrected chi connectivity index (χ4v) is 4.11. The number of esters is 2. The molecule has 31 heavy (non-hydrogen) atoms. The molecule has 0 heterocycles. The zero-order valence-corrected chi connectivity index (χ0v) is 19.0. The van der Waals surface area contributed by atoms with Crippen molar-refractivity contribution in [3.8, 4) is 0 Å². The summed E-state index contributed by atoms with van der Waals surface area (Å²) in [6, 6.07) is 9.26. The van der Waals surface area contributed by atoms with E-state index in [1.165, 1.54) is 14.2 Å². The van der Waals surface area contributed by atoms with Crippen molar-refractivity contribution in [2.75, 3.05) is 27.3 Å². The van der Waals surface area contributed by atoms with Gasteiger partial charge in [-0.25, -0.2) is 4.79 Å². The SMILES string of the molecule is CCN(CC)/C(=C(\C(=O)OC)C(C(=O)NC1CCCCC1)C(=O)OC)c1ccccc1. The number of nitrogens with one attached hydrogen (secondary N) is 1. The molecule has 1 amide bonds. The van der Waals surface area contributed by atoms with Crippen molar-refractivity contribution in [3.05, 3.63) is 41.5 Å². The molecule has 1 aliphatic carbocycles. The van der Waals surface area contributed by atoms with Gasteiger partial charge in [-0.2, -0.15) is 0 Å². The van der Waals surface area contributed by atoms with Crippen molar-refractivity contribution in [1.82, 2.24) is 10.2 Å². The Morgan fingerprint density at radius 3 is 2.13 bits per heavy atom. The smallest absolute Gasteiger partial charge is 0.337 e. The van der Waals surface area contributed by atoms with Crippen LogP contribution in [0.15, 0.2) is 35.9 Å². The molecule has 7 heteroatoms. The average molecular weight is 431 g/mol. The Morgan fingerprint density at radius 2 is 1.61 bits per heavy atom. The number of carbonyl (C=O) groups is 3. The summed E-state index contributed by atoms with van der Waals surface area (Å²) in [4.78, 5) is 41.2. The minimum absolute atomic E-state index is 0.00226. The molecule has 0 spiro atoms. The molecule has 0 bridgehead atoms. The molecule has 170 valence electrons. The van der Waals surface area contributed by atoms with Gasteiger partial charge in [0.05, 0.1) is 25.5 Å². The average Bonchev–Trinajstić information content (AvgIpc) is 2.81. The molecule has 1 unspecified atom stereocenters. The third-order valence-corrected chi connectivity index (χ3v) is 5.73. The third kappa shape index (κ3) is 6.09. The molecular formula is C24H34N2O5. The summed E-state index contributed by atoms with van der Waals surface area (Å²) in [5.74, 6) is -3.45. The van der Waals surface area contributed by atoms with Gasteiger partial charge in [0.2, 0.25) is 5.91 Å². The number of carbonyl (C=O) groups excluding carboxylic acids is 3. The number of benzene rings is 1. The van der Waals surface area contributed by atoms with Gasteiger partial charge < -0.3 is 19.7 Å². The second kappa shape index (κ2) is 12.1. The van der Waals surface area contributed by atoms with E-state index in [0.717, 1.165) is 37.7 Å². The lowest BCUT2D eigenvalue weighted by atomic mass is 9.90. The van der Waals surface area contributed by atoms with Crippen LogP contribution in [0.1, 0.15) is 51.5 Å². The van der Waals surface area contributed by atoms with Crippen molar-refractivity contribution in [2.24, 2.45) is 5.92 Å². The first kappa shape index (κ1) is 24.4. The topological polar surface area (TPSA) is 84.9 Å². The van der Waals surface area contributed by atoms with Gasteiger partial charge in [-0.05, 0) is 32.3 Å². The largest absolute Gasteiger partial charge is 0.468 e. The van der Waals surface area contributed by atoms with Crippen LogP contribution in [0, 0.1) is 5.92 Å². The van der Waals surface area contributed by atoms with E-state index >= 15 is 0 Å². The van der Waals surface area contributed by atoms with Crippen LogP contribution in [0.3, 0.4) is 0 Å². The van der Waals surface area contributed by atoms with Gasteiger partial charge in [0.25, 0.3) is 0 Å². The van der Waals surface area contributed by atoms with Gasteiger partial charge >= 0.3 is 11.9 Å². The first-order valence-corrected chi connectivity index (χ1v) is 11.0. The van der Waals surface area contributed by atoms with Gasteiger partial charge in [-0.15, -0.1) is 0 Å². The van der Waals surface area contributed by atoms with Crippen LogP contribution in [-0.4, -0.2) is 56.1 Å². The van der Waals surface area contributed by atoms with Crippen LogP contribution in [0.5, 0.6) is 0 Å². The maximum Gasteiger partial charge on any atom is 0.337 e. The Bertz CT molecular complexity index is 780. The first-order chi connectivity index (χ1) is 15.0. The number of hydrogen-bond acceptors (Lipinski definition) is 6. The van der Waals surface area contributed by atoms with E-state index in [2.05, 4.69) is 5.32 Å². The zero-order valence-electron chi connectivity index (χ0n) is 19.0. The van der Waals surface area contributed by atoms with Crippen molar-refractivity contribution in [2.45, 2.75) is 52.0 Å². The van der Waals surface area contributed by atoms with Crippen molar-refractivity contribution < 1.29 is 23.9 Å². The highest BCUT2D eigenvalue weighted by molar-refractivity contribution is 6.12. The lowest BCUT2D eigenvalue weighted by molar-refractivity contribution is -0.151. The molecule has 0 aliphatic heterocycles. The Hall–Kier alpha value is -2.83. The fourth-order valence-electron chi connectivity index (χ4n) is 4.11. The molecule has 0 aromatic heterocycles. The number of methoxy groups -OCH3 is 2. The predicted octanol–water partition coefficient (Wildman–Crippen LogP) is 3.15. The molecule has 1 aliphatic rings. The second-order valence-corrected chi connectivity index (χ2v) is 7.59. The Kier molecular flexibility index (Phi) is 9.56. The summed E-state index contributed by atoms with van der Waals surface area (Å²) in [5.41, 5.74) is 1.23. The van der Waals surface area contributed by atoms with Crippen molar-refractivity contribution in [1.29, 1.82) is 0 Å². The van der Waals surface area contributed by atoms with Crippen LogP contribution in [0.25, 0.3) is 5.70 Å². The predicted molar refractivity (Wildman–Crippen MR) is 119 cm³/mol. The molecule has 1 saturated carbocycles. The third-order valence-electron chi connectivity index (χ3n) is 5.73. The van der Waals surface area contributed by atoms with E-state index < -0.39 is 23.8 Å². The van der Waals surface area contributed by atoms with E-state index in [1.54, 1.807) is 0 Å². The number of nitrogens with zero attached hydrogens (tertiary/aromatic N) is 1. The Labute approximate surface area is 184 Å². The molecule has 2 rings (SSSR count). The summed E-state index contributed by atoms with van der Waals surface area (Å²) in [6.07, 6.45) is 4.92. The molecule has 1 aromatic rings. The van der Waals surface area contributed by atoms with Crippen LogP contribution < -0.4 is 5.32 Å². The minimum Gasteiger partial charge on any atom is -0.468 e. The summed E-state index contributed by atoms with van der Waals surface area (Å²) in [6.45, 7) is 5.08. The molecule has 0 saturated heterocycles. The Morgan fingerprint density at radius 1 is 1.00 bits per heavy atom. The summed E-state index contributed by atoms with van der Waals surface area (Å²) >= 11 is 0. The molecule has 1 atom stereocenters. The van der Waals surface area contributed by atoms with E-state index in [9.17, 15) is 14.4 Å².